The summed E-state index contributed by atoms with van der Waals surface area (Å²) < 4.78 is 31.6. The minimum atomic E-state index is -0.493. The van der Waals surface area contributed by atoms with Gasteiger partial charge in [0.2, 0.25) is 0 Å². The Morgan fingerprint density at radius 3 is 2.90 bits per heavy atom. The monoisotopic (exact) mass is 299 g/mol. The first-order valence-electron chi connectivity index (χ1n) is 6.18. The van der Waals surface area contributed by atoms with E-state index in [1.165, 1.54) is 11.3 Å². The highest BCUT2D eigenvalue weighted by molar-refractivity contribution is 7.14. The predicted molar refractivity (Wildman–Crippen MR) is 73.7 cm³/mol. The number of rotatable bonds is 7. The van der Waals surface area contributed by atoms with Crippen LogP contribution in [0.15, 0.2) is 18.2 Å². The molecule has 0 aliphatic rings. The summed E-state index contributed by atoms with van der Waals surface area (Å²) in [5, 5.41) is 12.3. The predicted octanol–water partition coefficient (Wildman–Crippen LogP) is 2.26. The summed E-state index contributed by atoms with van der Waals surface area (Å²) in [6, 6.07) is 3.31. The van der Waals surface area contributed by atoms with Gasteiger partial charge in [0.05, 0.1) is 12.2 Å². The third kappa shape index (κ3) is 4.03. The standard InChI is InChI=1S/C13H15F2N3OS/c1-19-7-6-16-5-4-12-17-18-13(20-12)10-8-9(14)2-3-11(10)15/h2-3,8,16H,4-7H2,1H3. The lowest BCUT2D eigenvalue weighted by Crippen LogP contribution is -2.21. The van der Waals surface area contributed by atoms with Crippen LogP contribution in [0.25, 0.3) is 10.6 Å². The molecule has 4 nitrogen and oxygen atoms in total. The highest BCUT2D eigenvalue weighted by Crippen LogP contribution is 2.26. The minimum absolute atomic E-state index is 0.154. The molecule has 1 aromatic carbocycles. The van der Waals surface area contributed by atoms with Gasteiger partial charge in [-0.3, -0.25) is 0 Å². The maximum atomic E-state index is 13.6. The van der Waals surface area contributed by atoms with Crippen molar-refractivity contribution in [2.24, 2.45) is 0 Å². The maximum absolute atomic E-state index is 13.6. The van der Waals surface area contributed by atoms with Crippen LogP contribution >= 0.6 is 11.3 Å². The number of halogens is 2. The van der Waals surface area contributed by atoms with Crippen molar-refractivity contribution < 1.29 is 13.5 Å². The number of benzene rings is 1. The third-order valence-electron chi connectivity index (χ3n) is 2.62. The van der Waals surface area contributed by atoms with Crippen LogP contribution in [0.4, 0.5) is 8.78 Å². The lowest BCUT2D eigenvalue weighted by molar-refractivity contribution is 0.199. The van der Waals surface area contributed by atoms with Gasteiger partial charge >= 0.3 is 0 Å². The van der Waals surface area contributed by atoms with Crippen LogP contribution in [0.3, 0.4) is 0 Å². The first-order valence-corrected chi connectivity index (χ1v) is 7.00. The van der Waals surface area contributed by atoms with Gasteiger partial charge in [0.1, 0.15) is 16.6 Å². The average molecular weight is 299 g/mol. The Balaban J connectivity index is 1.96. The molecule has 108 valence electrons. The van der Waals surface area contributed by atoms with Crippen molar-refractivity contribution >= 4 is 11.3 Å². The highest BCUT2D eigenvalue weighted by atomic mass is 32.1. The highest BCUT2D eigenvalue weighted by Gasteiger charge is 2.12. The Hall–Kier alpha value is -1.44. The zero-order valence-corrected chi connectivity index (χ0v) is 11.8. The van der Waals surface area contributed by atoms with Gasteiger partial charge in [-0.05, 0) is 18.2 Å². The summed E-state index contributed by atoms with van der Waals surface area (Å²) in [6.45, 7) is 2.15. The van der Waals surface area contributed by atoms with E-state index < -0.39 is 11.6 Å². The Bertz CT molecular complexity index is 562. The fraction of sp³-hybridized carbons (Fsp3) is 0.385. The molecule has 0 radical (unpaired) electrons. The van der Waals surface area contributed by atoms with Gasteiger partial charge < -0.3 is 10.1 Å². The van der Waals surface area contributed by atoms with E-state index in [9.17, 15) is 8.78 Å². The summed E-state index contributed by atoms with van der Waals surface area (Å²) in [5.74, 6) is -0.980. The molecule has 0 fully saturated rings. The van der Waals surface area contributed by atoms with Gasteiger partial charge in [-0.1, -0.05) is 11.3 Å². The Kier molecular flexibility index (Phi) is 5.51. The molecule has 0 saturated heterocycles. The molecule has 0 atom stereocenters. The molecule has 1 heterocycles. The lowest BCUT2D eigenvalue weighted by Gasteiger charge is -2.01. The molecule has 20 heavy (non-hydrogen) atoms. The normalized spacial score (nSPS) is 10.9. The first kappa shape index (κ1) is 15.0. The van der Waals surface area contributed by atoms with E-state index in [-0.39, 0.29) is 5.56 Å². The third-order valence-corrected chi connectivity index (χ3v) is 3.64. The van der Waals surface area contributed by atoms with Crippen molar-refractivity contribution in [2.45, 2.75) is 6.42 Å². The number of nitrogens with one attached hydrogen (secondary N) is 1. The molecule has 0 saturated carbocycles. The van der Waals surface area contributed by atoms with Gasteiger partial charge in [0.25, 0.3) is 0 Å². The zero-order chi connectivity index (χ0) is 14.4. The van der Waals surface area contributed by atoms with Crippen LogP contribution in [0.5, 0.6) is 0 Å². The second kappa shape index (κ2) is 7.37. The van der Waals surface area contributed by atoms with E-state index in [0.29, 0.717) is 18.0 Å². The molecule has 0 aliphatic heterocycles. The Morgan fingerprint density at radius 1 is 1.25 bits per heavy atom. The molecule has 0 amide bonds. The Labute approximate surface area is 119 Å². The second-order valence-electron chi connectivity index (χ2n) is 4.12. The van der Waals surface area contributed by atoms with E-state index in [4.69, 9.17) is 4.74 Å². The molecule has 7 heteroatoms. The number of nitrogens with zero attached hydrogens (tertiary/aromatic N) is 2. The number of methoxy groups -OCH3 is 1. The summed E-state index contributed by atoms with van der Waals surface area (Å²) >= 11 is 1.27. The largest absolute Gasteiger partial charge is 0.383 e. The fourth-order valence-electron chi connectivity index (χ4n) is 1.62. The average Bonchev–Trinajstić information content (AvgIpc) is 2.90. The van der Waals surface area contributed by atoms with Crippen LogP contribution in [-0.2, 0) is 11.2 Å². The summed E-state index contributed by atoms with van der Waals surface area (Å²) in [6.07, 6.45) is 0.693. The topological polar surface area (TPSA) is 47.0 Å². The minimum Gasteiger partial charge on any atom is -0.383 e. The SMILES string of the molecule is COCCNCCc1nnc(-c2cc(F)ccc2F)s1. The van der Waals surface area contributed by atoms with Crippen molar-refractivity contribution in [1.82, 2.24) is 15.5 Å². The van der Waals surface area contributed by atoms with Gasteiger partial charge in [-0.15, -0.1) is 10.2 Å². The fourth-order valence-corrected chi connectivity index (χ4v) is 2.48. The van der Waals surface area contributed by atoms with Crippen molar-refractivity contribution in [3.05, 3.63) is 34.8 Å². The molecule has 0 aliphatic carbocycles. The van der Waals surface area contributed by atoms with Crippen LogP contribution in [-0.4, -0.2) is 37.0 Å². The molecule has 2 aromatic rings. The van der Waals surface area contributed by atoms with Gasteiger partial charge in [0.15, 0.2) is 5.01 Å². The smallest absolute Gasteiger partial charge is 0.150 e. The summed E-state index contributed by atoms with van der Waals surface area (Å²) in [5.41, 5.74) is 0.154. The van der Waals surface area contributed by atoms with Crippen LogP contribution in [0.1, 0.15) is 5.01 Å². The maximum Gasteiger partial charge on any atom is 0.150 e. The number of hydrogen-bond donors (Lipinski definition) is 1. The van der Waals surface area contributed by atoms with Crippen molar-refractivity contribution in [1.29, 1.82) is 0 Å². The van der Waals surface area contributed by atoms with E-state index in [1.807, 2.05) is 0 Å². The van der Waals surface area contributed by atoms with E-state index in [0.717, 1.165) is 36.3 Å². The molecular weight excluding hydrogens is 284 g/mol. The Morgan fingerprint density at radius 2 is 2.10 bits per heavy atom. The van der Waals surface area contributed by atoms with Crippen LogP contribution < -0.4 is 5.32 Å². The van der Waals surface area contributed by atoms with Crippen LogP contribution in [0, 0.1) is 11.6 Å². The molecule has 0 spiro atoms. The molecule has 0 unspecified atom stereocenters. The van der Waals surface area contributed by atoms with Crippen molar-refractivity contribution in [2.75, 3.05) is 26.8 Å². The van der Waals surface area contributed by atoms with E-state index in [1.54, 1.807) is 7.11 Å². The number of hydrogen-bond acceptors (Lipinski definition) is 5. The van der Waals surface area contributed by atoms with E-state index in [2.05, 4.69) is 15.5 Å². The molecular formula is C13H15F2N3OS. The molecule has 0 bridgehead atoms. The first-order chi connectivity index (χ1) is 9.70. The number of aromatic nitrogens is 2. The van der Waals surface area contributed by atoms with Gasteiger partial charge in [-0.2, -0.15) is 0 Å². The van der Waals surface area contributed by atoms with E-state index >= 15 is 0 Å². The summed E-state index contributed by atoms with van der Waals surface area (Å²) in [4.78, 5) is 0. The van der Waals surface area contributed by atoms with Gasteiger partial charge in [0, 0.05) is 26.6 Å². The van der Waals surface area contributed by atoms with Gasteiger partial charge in [-0.25, -0.2) is 8.78 Å². The number of ether oxygens (including phenoxy) is 1. The molecule has 1 aromatic heterocycles. The van der Waals surface area contributed by atoms with Crippen LogP contribution in [0.2, 0.25) is 0 Å². The summed E-state index contributed by atoms with van der Waals surface area (Å²) in [7, 11) is 1.65. The zero-order valence-electron chi connectivity index (χ0n) is 11.0. The lowest BCUT2D eigenvalue weighted by atomic mass is 10.2. The molecule has 1 N–H and O–H groups in total. The molecule has 2 rings (SSSR count). The quantitative estimate of drug-likeness (QED) is 0.797. The second-order valence-corrected chi connectivity index (χ2v) is 5.18. The van der Waals surface area contributed by atoms with Crippen molar-refractivity contribution in [3.63, 3.8) is 0 Å². The van der Waals surface area contributed by atoms with Crippen molar-refractivity contribution in [3.8, 4) is 10.6 Å².